The highest BCUT2D eigenvalue weighted by atomic mass is 32.2. The molecule has 0 fully saturated rings. The number of hydrogen-bond donors (Lipinski definition) is 3. The second kappa shape index (κ2) is 7.20. The fourth-order valence-corrected chi connectivity index (χ4v) is 1.95. The molecule has 0 rings (SSSR count). The molecule has 100 valence electrons. The fourth-order valence-electron chi connectivity index (χ4n) is 0.874. The maximum absolute atomic E-state index is 11.3. The maximum atomic E-state index is 11.3. The summed E-state index contributed by atoms with van der Waals surface area (Å²) in [5.74, 6) is -2.37. The predicted octanol–water partition coefficient (Wildman–Crippen LogP) is -1.70. The van der Waals surface area contributed by atoms with Crippen molar-refractivity contribution in [3.63, 3.8) is 0 Å². The zero-order chi connectivity index (χ0) is 13.5. The van der Waals surface area contributed by atoms with Gasteiger partial charge in [-0.05, 0) is 6.42 Å². The van der Waals surface area contributed by atoms with E-state index in [9.17, 15) is 18.0 Å². The molecule has 0 saturated heterocycles. The number of carbonyl (C=O) groups is 2. The number of carboxylic acid groups (broad SMARTS) is 1. The summed E-state index contributed by atoms with van der Waals surface area (Å²) in [6, 6.07) is 0. The van der Waals surface area contributed by atoms with E-state index in [0.717, 1.165) is 0 Å². The monoisotopic (exact) mass is 269 g/mol. The number of sulfonamides is 1. The van der Waals surface area contributed by atoms with E-state index in [1.807, 2.05) is 4.72 Å². The summed E-state index contributed by atoms with van der Waals surface area (Å²) >= 11 is 0. The third kappa shape index (κ3) is 7.66. The molecule has 0 saturated carbocycles. The molecular weight excluding hydrogens is 254 g/mol. The summed E-state index contributed by atoms with van der Waals surface area (Å²) in [6.07, 6.45) is -1.77. The highest BCUT2D eigenvalue weighted by molar-refractivity contribution is 7.89. The minimum atomic E-state index is -3.70. The van der Waals surface area contributed by atoms with Crippen molar-refractivity contribution < 1.29 is 33.0 Å². The molecule has 0 bridgehead atoms. The van der Waals surface area contributed by atoms with Crippen LogP contribution in [-0.4, -0.2) is 56.1 Å². The quantitative estimate of drug-likeness (QED) is 0.448. The van der Waals surface area contributed by atoms with E-state index in [1.54, 1.807) is 0 Å². The van der Waals surface area contributed by atoms with E-state index >= 15 is 0 Å². The zero-order valence-electron chi connectivity index (χ0n) is 9.25. The summed E-state index contributed by atoms with van der Waals surface area (Å²) in [6.45, 7) is -0.601. The lowest BCUT2D eigenvalue weighted by Crippen LogP contribution is -2.37. The highest BCUT2D eigenvalue weighted by Gasteiger charge is 2.17. The van der Waals surface area contributed by atoms with Crippen molar-refractivity contribution in [1.29, 1.82) is 0 Å². The van der Waals surface area contributed by atoms with Crippen LogP contribution in [-0.2, 0) is 24.3 Å². The zero-order valence-corrected chi connectivity index (χ0v) is 10.1. The number of ether oxygens (including phenoxy) is 1. The lowest BCUT2D eigenvalue weighted by Gasteiger charge is -2.08. The van der Waals surface area contributed by atoms with E-state index < -0.39 is 34.6 Å². The summed E-state index contributed by atoms with van der Waals surface area (Å²) in [5.41, 5.74) is 0. The van der Waals surface area contributed by atoms with E-state index in [2.05, 4.69) is 4.74 Å². The smallest absolute Gasteiger partial charge is 0.333 e. The number of aliphatic carboxylic acids is 1. The topological polar surface area (TPSA) is 130 Å². The average Bonchev–Trinajstić information content (AvgIpc) is 2.25. The SMILES string of the molecule is COC(=O)CCCS(=O)(=O)NCC(O)C(=O)O. The van der Waals surface area contributed by atoms with Crippen molar-refractivity contribution in [2.75, 3.05) is 19.4 Å². The molecule has 3 N–H and O–H groups in total. The van der Waals surface area contributed by atoms with E-state index in [-0.39, 0.29) is 18.6 Å². The molecule has 1 atom stereocenters. The second-order valence-corrected chi connectivity index (χ2v) is 5.13. The Labute approximate surface area is 98.6 Å². The van der Waals surface area contributed by atoms with E-state index in [0.29, 0.717) is 0 Å². The third-order valence-corrected chi connectivity index (χ3v) is 3.24. The van der Waals surface area contributed by atoms with Crippen LogP contribution < -0.4 is 4.72 Å². The Kier molecular flexibility index (Phi) is 6.69. The maximum Gasteiger partial charge on any atom is 0.333 e. The van der Waals surface area contributed by atoms with Gasteiger partial charge in [-0.1, -0.05) is 0 Å². The first kappa shape index (κ1) is 15.8. The molecule has 0 aromatic carbocycles. The number of nitrogens with one attached hydrogen (secondary N) is 1. The van der Waals surface area contributed by atoms with Crippen LogP contribution in [0.25, 0.3) is 0 Å². The second-order valence-electron chi connectivity index (χ2n) is 3.20. The van der Waals surface area contributed by atoms with Crippen molar-refractivity contribution in [3.05, 3.63) is 0 Å². The van der Waals surface area contributed by atoms with Gasteiger partial charge in [-0.25, -0.2) is 17.9 Å². The summed E-state index contributed by atoms with van der Waals surface area (Å²) in [4.78, 5) is 20.9. The van der Waals surface area contributed by atoms with Gasteiger partial charge >= 0.3 is 11.9 Å². The van der Waals surface area contributed by atoms with Gasteiger partial charge in [0.05, 0.1) is 12.9 Å². The Balaban J connectivity index is 3.97. The summed E-state index contributed by atoms with van der Waals surface area (Å²) < 4.78 is 28.8. The minimum absolute atomic E-state index is 0.0428. The van der Waals surface area contributed by atoms with Crippen molar-refractivity contribution in [1.82, 2.24) is 4.72 Å². The van der Waals surface area contributed by atoms with Gasteiger partial charge in [0.2, 0.25) is 10.0 Å². The molecule has 17 heavy (non-hydrogen) atoms. The molecule has 0 spiro atoms. The Morgan fingerprint density at radius 3 is 2.47 bits per heavy atom. The molecule has 0 aliphatic heterocycles. The molecule has 0 amide bonds. The number of rotatable bonds is 8. The first-order valence-electron chi connectivity index (χ1n) is 4.73. The Bertz CT molecular complexity index is 364. The Morgan fingerprint density at radius 1 is 1.41 bits per heavy atom. The predicted molar refractivity (Wildman–Crippen MR) is 56.7 cm³/mol. The van der Waals surface area contributed by atoms with Crippen molar-refractivity contribution in [2.45, 2.75) is 18.9 Å². The van der Waals surface area contributed by atoms with Gasteiger partial charge < -0.3 is 14.9 Å². The molecule has 0 aromatic rings. The average molecular weight is 269 g/mol. The lowest BCUT2D eigenvalue weighted by molar-refractivity contribution is -0.146. The van der Waals surface area contributed by atoms with Gasteiger partial charge in [0.15, 0.2) is 6.10 Å². The number of carbonyl (C=O) groups excluding carboxylic acids is 1. The van der Waals surface area contributed by atoms with Crippen LogP contribution in [0.15, 0.2) is 0 Å². The number of carboxylic acids is 1. The van der Waals surface area contributed by atoms with Crippen LogP contribution in [0.3, 0.4) is 0 Å². The summed E-state index contributed by atoms with van der Waals surface area (Å²) in [5, 5.41) is 17.2. The van der Waals surface area contributed by atoms with E-state index in [1.165, 1.54) is 7.11 Å². The van der Waals surface area contributed by atoms with Crippen molar-refractivity contribution in [3.8, 4) is 0 Å². The molecular formula is C8H15NO7S. The molecule has 1 unspecified atom stereocenters. The lowest BCUT2D eigenvalue weighted by atomic mass is 10.3. The minimum Gasteiger partial charge on any atom is -0.479 e. The van der Waals surface area contributed by atoms with Gasteiger partial charge in [-0.3, -0.25) is 4.79 Å². The van der Waals surface area contributed by atoms with Crippen LogP contribution >= 0.6 is 0 Å². The third-order valence-electron chi connectivity index (χ3n) is 1.80. The first-order valence-corrected chi connectivity index (χ1v) is 6.38. The van der Waals surface area contributed by atoms with Crippen LogP contribution in [0, 0.1) is 0 Å². The van der Waals surface area contributed by atoms with Crippen LogP contribution in [0.5, 0.6) is 0 Å². The number of esters is 1. The van der Waals surface area contributed by atoms with Crippen LogP contribution in [0.1, 0.15) is 12.8 Å². The number of aliphatic hydroxyl groups excluding tert-OH is 1. The van der Waals surface area contributed by atoms with Gasteiger partial charge in [0.25, 0.3) is 0 Å². The number of methoxy groups -OCH3 is 1. The molecule has 0 aliphatic carbocycles. The van der Waals surface area contributed by atoms with Gasteiger partial charge in [-0.2, -0.15) is 0 Å². The van der Waals surface area contributed by atoms with Gasteiger partial charge in [-0.15, -0.1) is 0 Å². The largest absolute Gasteiger partial charge is 0.479 e. The summed E-state index contributed by atoms with van der Waals surface area (Å²) in [7, 11) is -2.50. The molecule has 8 nitrogen and oxygen atoms in total. The Morgan fingerprint density at radius 2 is 2.00 bits per heavy atom. The molecule has 0 aliphatic rings. The number of hydrogen-bond acceptors (Lipinski definition) is 6. The fraction of sp³-hybridized carbons (Fsp3) is 0.750. The first-order chi connectivity index (χ1) is 7.78. The standard InChI is InChI=1S/C8H15NO7S/c1-16-7(11)3-2-4-17(14,15)9-5-6(10)8(12)13/h6,9-10H,2-5H2,1H3,(H,12,13). The van der Waals surface area contributed by atoms with Gasteiger partial charge in [0.1, 0.15) is 0 Å². The Hall–Kier alpha value is -1.19. The van der Waals surface area contributed by atoms with Crippen molar-refractivity contribution in [2.24, 2.45) is 0 Å². The molecule has 0 heterocycles. The molecule has 9 heteroatoms. The number of aliphatic hydroxyl groups is 1. The molecule has 0 aromatic heterocycles. The van der Waals surface area contributed by atoms with Crippen LogP contribution in [0.2, 0.25) is 0 Å². The van der Waals surface area contributed by atoms with Gasteiger partial charge in [0, 0.05) is 13.0 Å². The normalized spacial score (nSPS) is 13.1. The molecule has 0 radical (unpaired) electrons. The van der Waals surface area contributed by atoms with E-state index in [4.69, 9.17) is 10.2 Å². The van der Waals surface area contributed by atoms with Crippen LogP contribution in [0.4, 0.5) is 0 Å². The highest BCUT2D eigenvalue weighted by Crippen LogP contribution is 1.96. The van der Waals surface area contributed by atoms with Crippen molar-refractivity contribution >= 4 is 22.0 Å².